The van der Waals surface area contributed by atoms with Gasteiger partial charge in [0, 0.05) is 11.1 Å². The van der Waals surface area contributed by atoms with Gasteiger partial charge in [0.1, 0.15) is 17.5 Å². The monoisotopic (exact) mass is 311 g/mol. The molecule has 2 aromatic heterocycles. The Bertz CT molecular complexity index is 1060. The first-order chi connectivity index (χ1) is 11.8. The normalized spacial score (nSPS) is 10.6. The maximum Gasteiger partial charge on any atom is 0.165 e. The summed E-state index contributed by atoms with van der Waals surface area (Å²) < 4.78 is 1.52. The van der Waals surface area contributed by atoms with E-state index in [-0.39, 0.29) is 0 Å². The number of anilines is 1. The minimum absolute atomic E-state index is 0.295. The molecule has 0 aliphatic rings. The predicted octanol–water partition coefficient (Wildman–Crippen LogP) is 3.52. The van der Waals surface area contributed by atoms with Crippen molar-refractivity contribution in [2.75, 3.05) is 5.73 Å². The van der Waals surface area contributed by atoms with E-state index >= 15 is 0 Å². The maximum absolute atomic E-state index is 9.53. The highest BCUT2D eigenvalue weighted by Gasteiger charge is 2.18. The van der Waals surface area contributed by atoms with Crippen LogP contribution in [0.5, 0.6) is 0 Å². The first-order valence-corrected chi connectivity index (χ1v) is 7.47. The van der Waals surface area contributed by atoms with E-state index in [1.807, 2.05) is 60.7 Å². The van der Waals surface area contributed by atoms with Crippen LogP contribution >= 0.6 is 0 Å². The molecule has 2 N–H and O–H groups in total. The van der Waals surface area contributed by atoms with E-state index in [4.69, 9.17) is 10.7 Å². The number of aromatic nitrogens is 3. The zero-order valence-corrected chi connectivity index (χ0v) is 12.7. The van der Waals surface area contributed by atoms with Crippen LogP contribution in [0.15, 0.2) is 66.9 Å². The molecule has 0 saturated carbocycles. The summed E-state index contributed by atoms with van der Waals surface area (Å²) in [5, 5.41) is 13.8. The van der Waals surface area contributed by atoms with Gasteiger partial charge in [0.05, 0.1) is 11.9 Å². The van der Waals surface area contributed by atoms with Crippen LogP contribution < -0.4 is 5.73 Å². The number of benzene rings is 2. The fourth-order valence-corrected chi connectivity index (χ4v) is 2.75. The lowest BCUT2D eigenvalue weighted by Crippen LogP contribution is -2.06. The van der Waals surface area contributed by atoms with Crippen LogP contribution in [0.1, 0.15) is 5.56 Å². The second kappa shape index (κ2) is 5.52. The van der Waals surface area contributed by atoms with Crippen molar-refractivity contribution in [3.05, 3.63) is 72.4 Å². The smallest absolute Gasteiger partial charge is 0.165 e. The average Bonchev–Trinajstić information content (AvgIpc) is 3.07. The Morgan fingerprint density at radius 2 is 1.54 bits per heavy atom. The molecule has 0 amide bonds. The predicted molar refractivity (Wildman–Crippen MR) is 93.0 cm³/mol. The molecule has 4 aromatic rings. The molecule has 0 aliphatic heterocycles. The molecule has 4 rings (SSSR count). The van der Waals surface area contributed by atoms with E-state index in [2.05, 4.69) is 11.2 Å². The Kier molecular flexibility index (Phi) is 3.22. The molecule has 114 valence electrons. The number of hydrogen-bond acceptors (Lipinski definition) is 4. The standard InChI is InChI=1S/C19H13N5/c20-11-15-17(14-9-5-2-6-10-14)23-19-16(12-22-24(19)18(15)21)13-7-3-1-4-8-13/h1-10,12H,21H2. The average molecular weight is 311 g/mol. The second-order valence-corrected chi connectivity index (χ2v) is 5.36. The highest BCUT2D eigenvalue weighted by Crippen LogP contribution is 2.30. The summed E-state index contributed by atoms with van der Waals surface area (Å²) in [6, 6.07) is 21.6. The van der Waals surface area contributed by atoms with Crippen molar-refractivity contribution in [3.63, 3.8) is 0 Å². The van der Waals surface area contributed by atoms with Crippen LogP contribution in [0.3, 0.4) is 0 Å². The minimum atomic E-state index is 0.295. The number of nitrogens with two attached hydrogens (primary N) is 1. The van der Waals surface area contributed by atoms with E-state index < -0.39 is 0 Å². The fraction of sp³-hybridized carbons (Fsp3) is 0. The third kappa shape index (κ3) is 2.09. The zero-order valence-electron chi connectivity index (χ0n) is 12.7. The van der Waals surface area contributed by atoms with Crippen molar-refractivity contribution in [1.29, 1.82) is 5.26 Å². The van der Waals surface area contributed by atoms with Gasteiger partial charge in [0.15, 0.2) is 5.65 Å². The zero-order chi connectivity index (χ0) is 16.5. The molecule has 0 saturated heterocycles. The van der Waals surface area contributed by atoms with E-state index in [0.717, 1.165) is 16.7 Å². The number of nitrogens with zero attached hydrogens (tertiary/aromatic N) is 4. The van der Waals surface area contributed by atoms with Crippen LogP contribution in [0.25, 0.3) is 28.0 Å². The van der Waals surface area contributed by atoms with Crippen LogP contribution in [-0.2, 0) is 0 Å². The first-order valence-electron chi connectivity index (χ1n) is 7.47. The summed E-state index contributed by atoms with van der Waals surface area (Å²) in [6.45, 7) is 0. The molecule has 0 atom stereocenters. The van der Waals surface area contributed by atoms with Gasteiger partial charge < -0.3 is 5.73 Å². The molecule has 0 fully saturated rings. The molecule has 2 aromatic carbocycles. The van der Waals surface area contributed by atoms with Gasteiger partial charge in [-0.2, -0.15) is 14.9 Å². The topological polar surface area (TPSA) is 80.0 Å². The van der Waals surface area contributed by atoms with Crippen LogP contribution in [0.2, 0.25) is 0 Å². The summed E-state index contributed by atoms with van der Waals surface area (Å²) in [6.07, 6.45) is 1.73. The van der Waals surface area contributed by atoms with Crippen LogP contribution in [-0.4, -0.2) is 14.6 Å². The Labute approximate surface area is 138 Å². The Morgan fingerprint density at radius 3 is 2.17 bits per heavy atom. The SMILES string of the molecule is N#Cc1c(-c2ccccc2)nc2c(-c3ccccc3)cnn2c1N. The number of hydrogen-bond donors (Lipinski definition) is 1. The third-order valence-electron chi connectivity index (χ3n) is 3.93. The van der Waals surface area contributed by atoms with E-state index in [9.17, 15) is 5.26 Å². The number of nitriles is 1. The van der Waals surface area contributed by atoms with Gasteiger partial charge in [0.2, 0.25) is 0 Å². The summed E-state index contributed by atoms with van der Waals surface area (Å²) >= 11 is 0. The summed E-state index contributed by atoms with van der Waals surface area (Å²) in [5.41, 5.74) is 10.5. The Hall–Kier alpha value is -3.65. The van der Waals surface area contributed by atoms with Gasteiger partial charge in [0.25, 0.3) is 0 Å². The van der Waals surface area contributed by atoms with Gasteiger partial charge in [-0.3, -0.25) is 0 Å². The lowest BCUT2D eigenvalue weighted by atomic mass is 10.1. The Balaban J connectivity index is 2.05. The number of rotatable bonds is 2. The molecule has 2 heterocycles. The lowest BCUT2D eigenvalue weighted by molar-refractivity contribution is 0.950. The molecular weight excluding hydrogens is 298 g/mol. The molecule has 24 heavy (non-hydrogen) atoms. The van der Waals surface area contributed by atoms with E-state index in [1.54, 1.807) is 6.20 Å². The number of fused-ring (bicyclic) bond motifs is 1. The van der Waals surface area contributed by atoms with Crippen LogP contribution in [0.4, 0.5) is 5.82 Å². The summed E-state index contributed by atoms with van der Waals surface area (Å²) in [4.78, 5) is 4.71. The third-order valence-corrected chi connectivity index (χ3v) is 3.93. The van der Waals surface area contributed by atoms with E-state index in [0.29, 0.717) is 22.7 Å². The molecule has 5 nitrogen and oxygen atoms in total. The molecular formula is C19H13N5. The van der Waals surface area contributed by atoms with Crippen molar-refractivity contribution >= 4 is 11.5 Å². The van der Waals surface area contributed by atoms with Crippen molar-refractivity contribution in [3.8, 4) is 28.5 Å². The molecule has 0 spiro atoms. The molecule has 0 unspecified atom stereocenters. The van der Waals surface area contributed by atoms with Crippen molar-refractivity contribution in [2.24, 2.45) is 0 Å². The highest BCUT2D eigenvalue weighted by molar-refractivity contribution is 5.82. The lowest BCUT2D eigenvalue weighted by Gasteiger charge is -2.09. The van der Waals surface area contributed by atoms with Crippen LogP contribution in [0, 0.1) is 11.3 Å². The first kappa shape index (κ1) is 14.0. The van der Waals surface area contributed by atoms with Gasteiger partial charge in [-0.25, -0.2) is 4.98 Å². The highest BCUT2D eigenvalue weighted by atomic mass is 15.3. The summed E-state index contributed by atoms with van der Waals surface area (Å²) in [5.74, 6) is 0.295. The Morgan fingerprint density at radius 1 is 0.917 bits per heavy atom. The minimum Gasteiger partial charge on any atom is -0.382 e. The molecule has 0 bridgehead atoms. The number of nitrogen functional groups attached to an aromatic ring is 1. The van der Waals surface area contributed by atoms with Crippen molar-refractivity contribution in [2.45, 2.75) is 0 Å². The molecule has 5 heteroatoms. The second-order valence-electron chi connectivity index (χ2n) is 5.36. The molecule has 0 aliphatic carbocycles. The van der Waals surface area contributed by atoms with Gasteiger partial charge >= 0.3 is 0 Å². The van der Waals surface area contributed by atoms with Gasteiger partial charge in [-0.15, -0.1) is 0 Å². The quantitative estimate of drug-likeness (QED) is 0.614. The summed E-state index contributed by atoms with van der Waals surface area (Å²) in [7, 11) is 0. The maximum atomic E-state index is 9.53. The largest absolute Gasteiger partial charge is 0.382 e. The van der Waals surface area contributed by atoms with Crippen molar-refractivity contribution in [1.82, 2.24) is 14.6 Å². The van der Waals surface area contributed by atoms with Gasteiger partial charge in [-0.05, 0) is 5.56 Å². The van der Waals surface area contributed by atoms with E-state index in [1.165, 1.54) is 4.52 Å². The van der Waals surface area contributed by atoms with Gasteiger partial charge in [-0.1, -0.05) is 60.7 Å². The molecule has 0 radical (unpaired) electrons. The van der Waals surface area contributed by atoms with Crippen molar-refractivity contribution < 1.29 is 0 Å². The fourth-order valence-electron chi connectivity index (χ4n) is 2.75.